The Kier molecular flexibility index (Phi) is 5.30. The number of likely N-dealkylation sites (tertiary alicyclic amines) is 1. The first-order chi connectivity index (χ1) is 11.6. The van der Waals surface area contributed by atoms with Crippen LogP contribution in [0.15, 0.2) is 53.0 Å². The maximum Gasteiger partial charge on any atom is 0.255 e. The minimum atomic E-state index is -0.190. The fraction of sp³-hybridized carbons (Fsp3) is 0.263. The van der Waals surface area contributed by atoms with Crippen molar-refractivity contribution in [3.63, 3.8) is 0 Å². The lowest BCUT2D eigenvalue weighted by atomic mass is 10.1. The number of carbonyl (C=O) groups excluding carboxylic acids is 2. The van der Waals surface area contributed by atoms with E-state index in [4.69, 9.17) is 0 Å². The van der Waals surface area contributed by atoms with Crippen molar-refractivity contribution in [2.75, 3.05) is 18.4 Å². The topological polar surface area (TPSA) is 49.4 Å². The SMILES string of the molecule is O=C(Nc1cccc(C(=O)N2CCCCC2)c1)c1ccc(Br)cc1. The van der Waals surface area contributed by atoms with Gasteiger partial charge in [0.2, 0.25) is 0 Å². The molecule has 1 aliphatic heterocycles. The van der Waals surface area contributed by atoms with Crippen molar-refractivity contribution in [3.8, 4) is 0 Å². The molecule has 2 aromatic carbocycles. The Bertz CT molecular complexity index is 737. The van der Waals surface area contributed by atoms with Crippen LogP contribution in [0.4, 0.5) is 5.69 Å². The van der Waals surface area contributed by atoms with Gasteiger partial charge in [0.05, 0.1) is 0 Å². The highest BCUT2D eigenvalue weighted by atomic mass is 79.9. The predicted octanol–water partition coefficient (Wildman–Crippen LogP) is 4.33. The molecule has 2 amide bonds. The van der Waals surface area contributed by atoms with Crippen LogP contribution >= 0.6 is 15.9 Å². The molecule has 1 fully saturated rings. The van der Waals surface area contributed by atoms with Gasteiger partial charge in [0.15, 0.2) is 0 Å². The number of carbonyl (C=O) groups is 2. The molecule has 0 spiro atoms. The summed E-state index contributed by atoms with van der Waals surface area (Å²) in [5.74, 6) is -0.153. The summed E-state index contributed by atoms with van der Waals surface area (Å²) >= 11 is 3.35. The van der Waals surface area contributed by atoms with Gasteiger partial charge in [0.25, 0.3) is 11.8 Å². The van der Waals surface area contributed by atoms with E-state index in [1.807, 2.05) is 17.0 Å². The minimum Gasteiger partial charge on any atom is -0.339 e. The molecule has 24 heavy (non-hydrogen) atoms. The van der Waals surface area contributed by atoms with Gasteiger partial charge in [-0.15, -0.1) is 0 Å². The predicted molar refractivity (Wildman–Crippen MR) is 98.3 cm³/mol. The summed E-state index contributed by atoms with van der Waals surface area (Å²) < 4.78 is 0.924. The third-order valence-corrected chi connectivity index (χ3v) is 4.65. The second-order valence-electron chi connectivity index (χ2n) is 5.89. The molecule has 0 bridgehead atoms. The van der Waals surface area contributed by atoms with Gasteiger partial charge in [-0.3, -0.25) is 9.59 Å². The van der Waals surface area contributed by atoms with E-state index in [0.717, 1.165) is 30.4 Å². The number of hydrogen-bond acceptors (Lipinski definition) is 2. The fourth-order valence-corrected chi connectivity index (χ4v) is 3.08. The van der Waals surface area contributed by atoms with Gasteiger partial charge in [-0.2, -0.15) is 0 Å². The van der Waals surface area contributed by atoms with E-state index in [1.165, 1.54) is 6.42 Å². The number of piperidine rings is 1. The van der Waals surface area contributed by atoms with Gasteiger partial charge < -0.3 is 10.2 Å². The first-order valence-electron chi connectivity index (χ1n) is 8.10. The van der Waals surface area contributed by atoms with Crippen molar-refractivity contribution < 1.29 is 9.59 Å². The maximum atomic E-state index is 12.6. The maximum absolute atomic E-state index is 12.6. The number of benzene rings is 2. The molecule has 1 aliphatic rings. The van der Waals surface area contributed by atoms with Crippen LogP contribution in [0.2, 0.25) is 0 Å². The average Bonchev–Trinajstić information content (AvgIpc) is 2.62. The van der Waals surface area contributed by atoms with Crippen LogP contribution in [0.3, 0.4) is 0 Å². The molecule has 124 valence electrons. The Labute approximate surface area is 150 Å². The number of hydrogen-bond donors (Lipinski definition) is 1. The van der Waals surface area contributed by atoms with Crippen LogP contribution < -0.4 is 5.32 Å². The normalized spacial score (nSPS) is 14.3. The minimum absolute atomic E-state index is 0.0365. The van der Waals surface area contributed by atoms with Crippen LogP contribution in [0.5, 0.6) is 0 Å². The van der Waals surface area contributed by atoms with Gasteiger partial charge in [-0.05, 0) is 61.7 Å². The van der Waals surface area contributed by atoms with Crippen LogP contribution in [0.25, 0.3) is 0 Å². The Balaban J connectivity index is 1.71. The smallest absolute Gasteiger partial charge is 0.255 e. The molecule has 0 unspecified atom stereocenters. The Morgan fingerprint density at radius 1 is 0.917 bits per heavy atom. The number of amides is 2. The van der Waals surface area contributed by atoms with Crippen LogP contribution in [-0.2, 0) is 0 Å². The van der Waals surface area contributed by atoms with E-state index in [9.17, 15) is 9.59 Å². The molecule has 1 N–H and O–H groups in total. The Morgan fingerprint density at radius 3 is 2.33 bits per heavy atom. The van der Waals surface area contributed by atoms with Crippen LogP contribution in [-0.4, -0.2) is 29.8 Å². The summed E-state index contributed by atoms with van der Waals surface area (Å²) in [5, 5.41) is 2.85. The second kappa shape index (κ2) is 7.62. The van der Waals surface area contributed by atoms with E-state index < -0.39 is 0 Å². The van der Waals surface area contributed by atoms with Gasteiger partial charge >= 0.3 is 0 Å². The van der Waals surface area contributed by atoms with Crippen LogP contribution in [0.1, 0.15) is 40.0 Å². The standard InChI is InChI=1S/C19H19BrN2O2/c20-16-9-7-14(8-10-16)18(23)21-17-6-4-5-15(13-17)19(24)22-11-2-1-3-12-22/h4-10,13H,1-3,11-12H2,(H,21,23). The van der Waals surface area contributed by atoms with Crippen molar-refractivity contribution in [2.45, 2.75) is 19.3 Å². The Hall–Kier alpha value is -2.14. The highest BCUT2D eigenvalue weighted by Gasteiger charge is 2.18. The molecule has 0 saturated carbocycles. The molecule has 2 aromatic rings. The zero-order valence-electron chi connectivity index (χ0n) is 13.3. The van der Waals surface area contributed by atoms with E-state index in [-0.39, 0.29) is 11.8 Å². The summed E-state index contributed by atoms with van der Waals surface area (Å²) in [6.45, 7) is 1.63. The van der Waals surface area contributed by atoms with Crippen molar-refractivity contribution in [2.24, 2.45) is 0 Å². The number of nitrogens with one attached hydrogen (secondary N) is 1. The third-order valence-electron chi connectivity index (χ3n) is 4.12. The first kappa shape index (κ1) is 16.7. The lowest BCUT2D eigenvalue weighted by Crippen LogP contribution is -2.35. The largest absolute Gasteiger partial charge is 0.339 e. The van der Waals surface area contributed by atoms with Crippen molar-refractivity contribution >= 4 is 33.4 Å². The highest BCUT2D eigenvalue weighted by Crippen LogP contribution is 2.17. The number of rotatable bonds is 3. The molecular weight excluding hydrogens is 368 g/mol. The monoisotopic (exact) mass is 386 g/mol. The molecule has 0 atom stereocenters. The number of nitrogens with zero attached hydrogens (tertiary/aromatic N) is 1. The van der Waals surface area contributed by atoms with Crippen LogP contribution in [0, 0.1) is 0 Å². The highest BCUT2D eigenvalue weighted by molar-refractivity contribution is 9.10. The zero-order valence-corrected chi connectivity index (χ0v) is 14.9. The summed E-state index contributed by atoms with van der Waals surface area (Å²) in [5.41, 5.74) is 1.82. The van der Waals surface area contributed by atoms with E-state index in [2.05, 4.69) is 21.2 Å². The number of halogens is 1. The molecule has 3 rings (SSSR count). The van der Waals surface area contributed by atoms with Crippen molar-refractivity contribution in [3.05, 3.63) is 64.1 Å². The summed E-state index contributed by atoms with van der Waals surface area (Å²) in [7, 11) is 0. The van der Waals surface area contributed by atoms with E-state index >= 15 is 0 Å². The Morgan fingerprint density at radius 2 is 1.62 bits per heavy atom. The zero-order chi connectivity index (χ0) is 16.9. The molecule has 0 aliphatic carbocycles. The average molecular weight is 387 g/mol. The number of anilines is 1. The van der Waals surface area contributed by atoms with Gasteiger partial charge in [-0.25, -0.2) is 0 Å². The van der Waals surface area contributed by atoms with Crippen molar-refractivity contribution in [1.29, 1.82) is 0 Å². The molecule has 0 aromatic heterocycles. The van der Waals surface area contributed by atoms with E-state index in [0.29, 0.717) is 16.8 Å². The summed E-state index contributed by atoms with van der Waals surface area (Å²) in [4.78, 5) is 26.7. The quantitative estimate of drug-likeness (QED) is 0.853. The van der Waals surface area contributed by atoms with Crippen molar-refractivity contribution in [1.82, 2.24) is 4.90 Å². The lowest BCUT2D eigenvalue weighted by molar-refractivity contribution is 0.0724. The van der Waals surface area contributed by atoms with E-state index in [1.54, 1.807) is 36.4 Å². The summed E-state index contributed by atoms with van der Waals surface area (Å²) in [6, 6.07) is 14.3. The molecular formula is C19H19BrN2O2. The molecule has 5 heteroatoms. The molecule has 1 heterocycles. The molecule has 4 nitrogen and oxygen atoms in total. The fourth-order valence-electron chi connectivity index (χ4n) is 2.81. The van der Waals surface area contributed by atoms with Gasteiger partial charge in [-0.1, -0.05) is 22.0 Å². The molecule has 0 radical (unpaired) electrons. The van der Waals surface area contributed by atoms with Gasteiger partial charge in [0.1, 0.15) is 0 Å². The molecule has 1 saturated heterocycles. The second-order valence-corrected chi connectivity index (χ2v) is 6.81. The van der Waals surface area contributed by atoms with Gasteiger partial charge in [0, 0.05) is 34.4 Å². The summed E-state index contributed by atoms with van der Waals surface area (Å²) in [6.07, 6.45) is 3.31. The first-order valence-corrected chi connectivity index (χ1v) is 8.89. The third kappa shape index (κ3) is 4.03. The lowest BCUT2D eigenvalue weighted by Gasteiger charge is -2.26.